The highest BCUT2D eigenvalue weighted by atomic mass is 32.2. The molecule has 0 amide bonds. The number of aromatic carboxylic acids is 1. The predicted molar refractivity (Wildman–Crippen MR) is 75.0 cm³/mol. The number of nitrogens with two attached hydrogens (primary N) is 1. The second kappa shape index (κ2) is 5.14. The summed E-state index contributed by atoms with van der Waals surface area (Å²) in [6.07, 6.45) is 2.00. The van der Waals surface area contributed by atoms with Crippen LogP contribution in [0.2, 0.25) is 0 Å². The molecule has 0 fully saturated rings. The Hall–Kier alpha value is -1.94. The lowest BCUT2D eigenvalue weighted by Crippen LogP contribution is -1.98. The number of carboxylic acid groups (broad SMARTS) is 1. The minimum atomic E-state index is -0.968. The molecule has 0 atom stereocenters. The number of benzene rings is 2. The standard InChI is InChI=1S/C14H13NO2S/c1-18-13-4-2-3-9(8-13)10-5-11(14(16)17)7-12(15)6-10/h2-8H,15H2,1H3,(H,16,17). The lowest BCUT2D eigenvalue weighted by molar-refractivity contribution is 0.0697. The molecule has 0 bridgehead atoms. The Morgan fingerprint density at radius 2 is 1.94 bits per heavy atom. The number of thioether (sulfide) groups is 1. The Morgan fingerprint density at radius 1 is 1.17 bits per heavy atom. The number of carboxylic acids is 1. The van der Waals surface area contributed by atoms with E-state index in [4.69, 9.17) is 10.8 Å². The molecule has 0 saturated heterocycles. The fraction of sp³-hybridized carbons (Fsp3) is 0.0714. The van der Waals surface area contributed by atoms with Gasteiger partial charge in [-0.15, -0.1) is 11.8 Å². The zero-order valence-corrected chi connectivity index (χ0v) is 10.7. The highest BCUT2D eigenvalue weighted by Gasteiger charge is 2.07. The Morgan fingerprint density at radius 3 is 2.61 bits per heavy atom. The molecule has 4 heteroatoms. The van der Waals surface area contributed by atoms with E-state index in [2.05, 4.69) is 0 Å². The van der Waals surface area contributed by atoms with Gasteiger partial charge in [0.15, 0.2) is 0 Å². The van der Waals surface area contributed by atoms with Crippen LogP contribution in [-0.2, 0) is 0 Å². The van der Waals surface area contributed by atoms with Gasteiger partial charge in [0.25, 0.3) is 0 Å². The van der Waals surface area contributed by atoms with Crippen molar-refractivity contribution in [2.24, 2.45) is 0 Å². The molecule has 0 aromatic heterocycles. The van der Waals surface area contributed by atoms with E-state index in [0.717, 1.165) is 16.0 Å². The quantitative estimate of drug-likeness (QED) is 0.655. The molecule has 3 nitrogen and oxygen atoms in total. The van der Waals surface area contributed by atoms with Gasteiger partial charge in [0.2, 0.25) is 0 Å². The Bertz CT molecular complexity index is 596. The molecule has 2 aromatic carbocycles. The Balaban J connectivity index is 2.52. The zero-order chi connectivity index (χ0) is 13.1. The summed E-state index contributed by atoms with van der Waals surface area (Å²) in [5, 5.41) is 9.02. The van der Waals surface area contributed by atoms with Crippen molar-refractivity contribution < 1.29 is 9.90 Å². The summed E-state index contributed by atoms with van der Waals surface area (Å²) < 4.78 is 0. The van der Waals surface area contributed by atoms with E-state index in [-0.39, 0.29) is 5.56 Å². The van der Waals surface area contributed by atoms with Gasteiger partial charge in [0.1, 0.15) is 0 Å². The van der Waals surface area contributed by atoms with Crippen molar-refractivity contribution in [3.63, 3.8) is 0 Å². The molecule has 0 aliphatic heterocycles. The third-order valence-corrected chi connectivity index (χ3v) is 3.33. The molecule has 2 rings (SSSR count). The van der Waals surface area contributed by atoms with Crippen LogP contribution in [0.4, 0.5) is 5.69 Å². The molecule has 2 aromatic rings. The summed E-state index contributed by atoms with van der Waals surface area (Å²) in [5.74, 6) is -0.968. The minimum Gasteiger partial charge on any atom is -0.478 e. The van der Waals surface area contributed by atoms with Crippen molar-refractivity contribution in [1.29, 1.82) is 0 Å². The number of hydrogen-bond acceptors (Lipinski definition) is 3. The van der Waals surface area contributed by atoms with Crippen molar-refractivity contribution in [3.05, 3.63) is 48.0 Å². The second-order valence-corrected chi connectivity index (χ2v) is 4.76. The summed E-state index contributed by atoms with van der Waals surface area (Å²) >= 11 is 1.64. The van der Waals surface area contributed by atoms with Crippen LogP contribution < -0.4 is 5.73 Å². The average Bonchev–Trinajstić information content (AvgIpc) is 2.38. The Labute approximate surface area is 110 Å². The van der Waals surface area contributed by atoms with Gasteiger partial charge in [-0.25, -0.2) is 4.79 Å². The third-order valence-electron chi connectivity index (χ3n) is 2.61. The SMILES string of the molecule is CSc1cccc(-c2cc(N)cc(C(=O)O)c2)c1. The zero-order valence-electron chi connectivity index (χ0n) is 9.88. The van der Waals surface area contributed by atoms with E-state index >= 15 is 0 Å². The molecule has 0 aliphatic carbocycles. The molecule has 0 aliphatic rings. The molecule has 0 radical (unpaired) electrons. The van der Waals surface area contributed by atoms with Crippen molar-refractivity contribution in [1.82, 2.24) is 0 Å². The number of carbonyl (C=O) groups is 1. The van der Waals surface area contributed by atoms with Crippen LogP contribution in [0.25, 0.3) is 11.1 Å². The highest BCUT2D eigenvalue weighted by Crippen LogP contribution is 2.27. The summed E-state index contributed by atoms with van der Waals surface area (Å²) in [6.45, 7) is 0. The van der Waals surface area contributed by atoms with Crippen LogP contribution in [0.15, 0.2) is 47.4 Å². The monoisotopic (exact) mass is 259 g/mol. The number of nitrogen functional groups attached to an aromatic ring is 1. The topological polar surface area (TPSA) is 63.3 Å². The maximum absolute atomic E-state index is 11.0. The molecule has 3 N–H and O–H groups in total. The van der Waals surface area contributed by atoms with Crippen molar-refractivity contribution in [2.75, 3.05) is 12.0 Å². The second-order valence-electron chi connectivity index (χ2n) is 3.88. The first-order chi connectivity index (χ1) is 8.60. The first-order valence-electron chi connectivity index (χ1n) is 5.38. The van der Waals surface area contributed by atoms with E-state index in [1.54, 1.807) is 23.9 Å². The van der Waals surface area contributed by atoms with E-state index in [1.165, 1.54) is 6.07 Å². The Kier molecular flexibility index (Phi) is 3.58. The molecule has 0 unspecified atom stereocenters. The van der Waals surface area contributed by atoms with Crippen LogP contribution in [0.3, 0.4) is 0 Å². The van der Waals surface area contributed by atoms with Gasteiger partial charge in [-0.2, -0.15) is 0 Å². The largest absolute Gasteiger partial charge is 0.478 e. The van der Waals surface area contributed by atoms with Gasteiger partial charge in [0.05, 0.1) is 5.56 Å². The van der Waals surface area contributed by atoms with E-state index in [0.29, 0.717) is 5.69 Å². The van der Waals surface area contributed by atoms with Gasteiger partial charge in [0, 0.05) is 10.6 Å². The highest BCUT2D eigenvalue weighted by molar-refractivity contribution is 7.98. The van der Waals surface area contributed by atoms with Gasteiger partial charge in [-0.3, -0.25) is 0 Å². The lowest BCUT2D eigenvalue weighted by Gasteiger charge is -2.06. The molecule has 0 saturated carbocycles. The summed E-state index contributed by atoms with van der Waals surface area (Å²) in [5.41, 5.74) is 8.19. The molecule has 92 valence electrons. The fourth-order valence-electron chi connectivity index (χ4n) is 1.74. The van der Waals surface area contributed by atoms with E-state index < -0.39 is 5.97 Å². The average molecular weight is 259 g/mol. The third kappa shape index (κ3) is 2.65. The van der Waals surface area contributed by atoms with Crippen LogP contribution in [0, 0.1) is 0 Å². The van der Waals surface area contributed by atoms with Crippen LogP contribution in [0.5, 0.6) is 0 Å². The van der Waals surface area contributed by atoms with Gasteiger partial charge in [-0.05, 0) is 47.7 Å². The normalized spacial score (nSPS) is 10.3. The first-order valence-corrected chi connectivity index (χ1v) is 6.61. The van der Waals surface area contributed by atoms with Crippen molar-refractivity contribution >= 4 is 23.4 Å². The van der Waals surface area contributed by atoms with Crippen molar-refractivity contribution in [2.45, 2.75) is 4.90 Å². The van der Waals surface area contributed by atoms with E-state index in [1.807, 2.05) is 30.5 Å². The number of rotatable bonds is 3. The van der Waals surface area contributed by atoms with Gasteiger partial charge in [-0.1, -0.05) is 12.1 Å². The molecular weight excluding hydrogens is 246 g/mol. The maximum atomic E-state index is 11.0. The van der Waals surface area contributed by atoms with Crippen LogP contribution in [0.1, 0.15) is 10.4 Å². The molecule has 0 heterocycles. The maximum Gasteiger partial charge on any atom is 0.335 e. The summed E-state index contributed by atoms with van der Waals surface area (Å²) in [7, 11) is 0. The first kappa shape index (κ1) is 12.5. The summed E-state index contributed by atoms with van der Waals surface area (Å²) in [4.78, 5) is 12.1. The lowest BCUT2D eigenvalue weighted by atomic mass is 10.0. The smallest absolute Gasteiger partial charge is 0.335 e. The summed E-state index contributed by atoms with van der Waals surface area (Å²) in [6, 6.07) is 12.8. The molecule has 0 spiro atoms. The van der Waals surface area contributed by atoms with Crippen LogP contribution in [-0.4, -0.2) is 17.3 Å². The van der Waals surface area contributed by atoms with Crippen molar-refractivity contribution in [3.8, 4) is 11.1 Å². The van der Waals surface area contributed by atoms with Gasteiger partial charge >= 0.3 is 5.97 Å². The van der Waals surface area contributed by atoms with Gasteiger partial charge < -0.3 is 10.8 Å². The molecular formula is C14H13NO2S. The number of hydrogen-bond donors (Lipinski definition) is 2. The van der Waals surface area contributed by atoms with Crippen LogP contribution >= 0.6 is 11.8 Å². The molecule has 18 heavy (non-hydrogen) atoms. The van der Waals surface area contributed by atoms with E-state index in [9.17, 15) is 4.79 Å². The fourth-order valence-corrected chi connectivity index (χ4v) is 2.20. The predicted octanol–water partition coefficient (Wildman–Crippen LogP) is 3.36. The minimum absolute atomic E-state index is 0.208. The number of anilines is 1.